The fourth-order valence-corrected chi connectivity index (χ4v) is 1.21. The average Bonchev–Trinajstić information content (AvgIpc) is 2.17. The van der Waals surface area contributed by atoms with Gasteiger partial charge in [-0.05, 0) is 19.4 Å². The van der Waals surface area contributed by atoms with Crippen molar-refractivity contribution in [1.29, 1.82) is 0 Å². The molecule has 0 amide bonds. The lowest BCUT2D eigenvalue weighted by molar-refractivity contribution is -0.120. The molecule has 0 rings (SSSR count). The molecule has 0 radical (unpaired) electrons. The second-order valence-electron chi connectivity index (χ2n) is 3.43. The Bertz CT molecular complexity index is 156. The molecule has 0 aliphatic rings. The van der Waals surface area contributed by atoms with Crippen LogP contribution in [0.2, 0.25) is 0 Å². The normalized spacial score (nSPS) is 13.1. The molecule has 5 heteroatoms. The molecule has 1 atom stereocenters. The van der Waals surface area contributed by atoms with Crippen molar-refractivity contribution < 1.29 is 15.4 Å². The summed E-state index contributed by atoms with van der Waals surface area (Å²) in [6, 6.07) is 0. The molecule has 0 bridgehead atoms. The van der Waals surface area contributed by atoms with Crippen LogP contribution in [0, 0.1) is 0 Å². The minimum atomic E-state index is -0.549. The molecule has 0 aromatic rings. The Morgan fingerprint density at radius 3 is 2.80 bits per heavy atom. The lowest BCUT2D eigenvalue weighted by atomic mass is 10.2. The number of nitrogens with zero attached hydrogens (tertiary/aromatic N) is 1. The highest BCUT2D eigenvalue weighted by atomic mass is 16.5. The third kappa shape index (κ3) is 9.84. The average molecular weight is 218 g/mol. The van der Waals surface area contributed by atoms with Gasteiger partial charge in [-0.1, -0.05) is 6.08 Å². The monoisotopic (exact) mass is 218 g/mol. The molecule has 0 aromatic carbocycles. The maximum absolute atomic E-state index is 9.47. The van der Waals surface area contributed by atoms with Crippen LogP contribution in [0.15, 0.2) is 12.7 Å². The fraction of sp³-hybridized carbons (Fsp3) is 0.800. The predicted molar refractivity (Wildman–Crippen MR) is 58.8 cm³/mol. The first-order chi connectivity index (χ1) is 7.20. The van der Waals surface area contributed by atoms with Crippen molar-refractivity contribution in [2.75, 3.05) is 32.8 Å². The van der Waals surface area contributed by atoms with Gasteiger partial charge < -0.3 is 20.7 Å². The molecule has 5 nitrogen and oxygen atoms in total. The number of nitrogens with one attached hydrogen (secondary N) is 1. The van der Waals surface area contributed by atoms with Crippen molar-refractivity contribution in [1.82, 2.24) is 10.4 Å². The first-order valence-corrected chi connectivity index (χ1v) is 5.25. The second kappa shape index (κ2) is 10.1. The molecule has 0 aromatic heterocycles. The lowest BCUT2D eigenvalue weighted by Crippen LogP contribution is -2.32. The van der Waals surface area contributed by atoms with Crippen LogP contribution in [0.3, 0.4) is 0 Å². The molecule has 0 fully saturated rings. The van der Waals surface area contributed by atoms with E-state index in [1.165, 1.54) is 0 Å². The number of rotatable bonds is 10. The summed E-state index contributed by atoms with van der Waals surface area (Å²) < 4.78 is 0. The van der Waals surface area contributed by atoms with Crippen LogP contribution in [0.1, 0.15) is 12.8 Å². The summed E-state index contributed by atoms with van der Waals surface area (Å²) in [5.74, 6) is 0. The summed E-state index contributed by atoms with van der Waals surface area (Å²) in [6.07, 6.45) is 2.72. The van der Waals surface area contributed by atoms with Gasteiger partial charge in [0.15, 0.2) is 0 Å². The van der Waals surface area contributed by atoms with Crippen LogP contribution in [-0.2, 0) is 0 Å². The van der Waals surface area contributed by atoms with Gasteiger partial charge in [-0.15, -0.1) is 6.58 Å². The Kier molecular flexibility index (Phi) is 9.76. The van der Waals surface area contributed by atoms with Crippen LogP contribution in [0.25, 0.3) is 0 Å². The highest BCUT2D eigenvalue weighted by molar-refractivity contribution is 4.69. The van der Waals surface area contributed by atoms with E-state index in [0.29, 0.717) is 6.42 Å². The molecule has 4 N–H and O–H groups in total. The van der Waals surface area contributed by atoms with Crippen LogP contribution >= 0.6 is 0 Å². The Morgan fingerprint density at radius 1 is 1.47 bits per heavy atom. The zero-order chi connectivity index (χ0) is 11.5. The second-order valence-corrected chi connectivity index (χ2v) is 3.43. The van der Waals surface area contributed by atoms with E-state index in [4.69, 9.17) is 10.3 Å². The van der Waals surface area contributed by atoms with Gasteiger partial charge in [0.1, 0.15) is 0 Å². The van der Waals surface area contributed by atoms with Crippen LogP contribution in [0.4, 0.5) is 0 Å². The van der Waals surface area contributed by atoms with Crippen molar-refractivity contribution in [3.05, 3.63) is 12.7 Å². The van der Waals surface area contributed by atoms with E-state index in [0.717, 1.165) is 24.6 Å². The van der Waals surface area contributed by atoms with Gasteiger partial charge in [-0.3, -0.25) is 0 Å². The topological polar surface area (TPSA) is 76.0 Å². The molecular weight excluding hydrogens is 196 g/mol. The van der Waals surface area contributed by atoms with Crippen LogP contribution in [-0.4, -0.2) is 59.4 Å². The third-order valence-corrected chi connectivity index (χ3v) is 1.96. The van der Waals surface area contributed by atoms with Gasteiger partial charge in [0.05, 0.1) is 12.7 Å². The molecule has 90 valence electrons. The van der Waals surface area contributed by atoms with Crippen LogP contribution < -0.4 is 5.32 Å². The van der Waals surface area contributed by atoms with E-state index in [-0.39, 0.29) is 19.7 Å². The number of aliphatic hydroxyl groups excluding tert-OH is 2. The van der Waals surface area contributed by atoms with E-state index in [2.05, 4.69) is 11.9 Å². The van der Waals surface area contributed by atoms with E-state index in [9.17, 15) is 5.11 Å². The first-order valence-electron chi connectivity index (χ1n) is 5.25. The van der Waals surface area contributed by atoms with E-state index >= 15 is 0 Å². The summed E-state index contributed by atoms with van der Waals surface area (Å²) in [5.41, 5.74) is 0. The van der Waals surface area contributed by atoms with Crippen molar-refractivity contribution in [2.45, 2.75) is 18.9 Å². The summed E-state index contributed by atoms with van der Waals surface area (Å²) in [4.78, 5) is 0. The Morgan fingerprint density at radius 2 is 2.20 bits per heavy atom. The van der Waals surface area contributed by atoms with E-state index < -0.39 is 6.10 Å². The summed E-state index contributed by atoms with van der Waals surface area (Å²) >= 11 is 0. The summed E-state index contributed by atoms with van der Waals surface area (Å²) in [7, 11) is 0. The maximum atomic E-state index is 9.47. The van der Waals surface area contributed by atoms with Gasteiger partial charge >= 0.3 is 0 Å². The minimum absolute atomic E-state index is 0.107. The highest BCUT2D eigenvalue weighted by Gasteiger charge is 2.08. The predicted octanol–water partition coefficient (Wildman–Crippen LogP) is -0.413. The van der Waals surface area contributed by atoms with Gasteiger partial charge in [-0.25, -0.2) is 0 Å². The quantitative estimate of drug-likeness (QED) is 0.228. The molecule has 15 heavy (non-hydrogen) atoms. The van der Waals surface area contributed by atoms with Gasteiger partial charge in [-0.2, -0.15) is 5.06 Å². The highest BCUT2D eigenvalue weighted by Crippen LogP contribution is 1.98. The van der Waals surface area contributed by atoms with Crippen molar-refractivity contribution in [3.8, 4) is 0 Å². The minimum Gasteiger partial charge on any atom is -0.395 e. The Balaban J connectivity index is 3.31. The van der Waals surface area contributed by atoms with Gasteiger partial charge in [0, 0.05) is 19.6 Å². The number of hydrogen-bond donors (Lipinski definition) is 4. The smallest absolute Gasteiger partial charge is 0.0690 e. The number of hydroxylamine groups is 2. The summed E-state index contributed by atoms with van der Waals surface area (Å²) in [6.45, 7) is 5.42. The lowest BCUT2D eigenvalue weighted by Gasteiger charge is -2.17. The fourth-order valence-electron chi connectivity index (χ4n) is 1.21. The number of aliphatic hydroxyl groups is 2. The van der Waals surface area contributed by atoms with Gasteiger partial charge in [0.2, 0.25) is 0 Å². The van der Waals surface area contributed by atoms with E-state index in [1.807, 2.05) is 0 Å². The van der Waals surface area contributed by atoms with Crippen molar-refractivity contribution >= 4 is 0 Å². The van der Waals surface area contributed by atoms with E-state index in [1.54, 1.807) is 6.08 Å². The molecule has 0 saturated heterocycles. The first kappa shape index (κ1) is 14.5. The molecule has 0 saturated carbocycles. The third-order valence-electron chi connectivity index (χ3n) is 1.96. The van der Waals surface area contributed by atoms with Crippen molar-refractivity contribution in [3.63, 3.8) is 0 Å². The van der Waals surface area contributed by atoms with Gasteiger partial charge in [0.25, 0.3) is 0 Å². The number of hydrogen-bond acceptors (Lipinski definition) is 5. The SMILES string of the molecule is C=CCNCCCC(O)CN(O)CCO. The van der Waals surface area contributed by atoms with Crippen LogP contribution in [0.5, 0.6) is 0 Å². The molecule has 0 spiro atoms. The zero-order valence-corrected chi connectivity index (χ0v) is 9.10. The zero-order valence-electron chi connectivity index (χ0n) is 9.10. The maximum Gasteiger partial charge on any atom is 0.0690 e. The molecule has 0 aliphatic carbocycles. The van der Waals surface area contributed by atoms with Crippen molar-refractivity contribution in [2.24, 2.45) is 0 Å². The largest absolute Gasteiger partial charge is 0.395 e. The molecule has 0 heterocycles. The standard InChI is InChI=1S/C10H22N2O3/c1-2-5-11-6-3-4-10(14)9-12(15)7-8-13/h2,10-11,13-15H,1,3-9H2. The Hall–Kier alpha value is -0.460. The molecule has 1 unspecified atom stereocenters. The molecular formula is C10H22N2O3. The molecule has 0 aliphatic heterocycles. The summed E-state index contributed by atoms with van der Waals surface area (Å²) in [5, 5.41) is 31.2. The Labute approximate surface area is 91.0 Å².